The summed E-state index contributed by atoms with van der Waals surface area (Å²) in [5, 5.41) is 41.2. The molecule has 1 aliphatic carbocycles. The Morgan fingerprint density at radius 1 is 0.508 bits per heavy atom. The first-order valence-electron chi connectivity index (χ1n) is 24.1. The van der Waals surface area contributed by atoms with E-state index in [1.807, 2.05) is 18.2 Å². The van der Waals surface area contributed by atoms with Gasteiger partial charge in [0.25, 0.3) is 7.82 Å². The number of hydrogen-bond acceptors (Lipinski definition) is 16. The Hall–Kier alpha value is -2.04. The number of allylic oxidation sites excluding steroid dienone is 8. The quantitative estimate of drug-likeness (QED) is 0.0202. The van der Waals surface area contributed by atoms with Crippen LogP contribution in [0.1, 0.15) is 181 Å². The summed E-state index contributed by atoms with van der Waals surface area (Å²) in [4.78, 5) is 60.3. The predicted octanol–water partition coefficient (Wildman–Crippen LogP) is 7.39. The highest BCUT2D eigenvalue weighted by Crippen LogP contribution is 2.44. The van der Waals surface area contributed by atoms with Crippen molar-refractivity contribution in [1.82, 2.24) is 0 Å². The van der Waals surface area contributed by atoms with Crippen LogP contribution < -0.4 is 14.7 Å². The molecule has 0 aromatic heterocycles. The fourth-order valence-electron chi connectivity index (χ4n) is 7.12. The highest BCUT2D eigenvalue weighted by atomic mass is 31.2. The van der Waals surface area contributed by atoms with E-state index in [1.54, 1.807) is 0 Å². The van der Waals surface area contributed by atoms with E-state index in [-0.39, 0.29) is 12.8 Å². The van der Waals surface area contributed by atoms with Crippen molar-refractivity contribution in [3.05, 3.63) is 48.6 Å². The number of phosphoric ester groups is 2. The number of ether oxygens (including phenoxy) is 2. The third-order valence-corrected chi connectivity index (χ3v) is 12.4. The van der Waals surface area contributed by atoms with E-state index in [4.69, 9.17) is 18.5 Å². The third kappa shape index (κ3) is 32.4. The number of phosphoric acid groups is 2. The van der Waals surface area contributed by atoms with Crippen molar-refractivity contribution in [2.45, 2.75) is 224 Å². The number of aliphatic hydroxyl groups excluding tert-OH is 4. The SMILES string of the molecule is CCCCC/C=C\C/C=C\C/C=C\C/C=C\CCCC(=O)O[C@H](COC(=O)CCCCCCCCCCCCCCCCC)COP(=O)([O-])OC1[C@H](O)[C@H](O)C(OP(=O)([O-])[O-])[C@H](O)[C@H]1O. The first-order chi connectivity index (χ1) is 31.1. The minimum atomic E-state index is -5.83. The van der Waals surface area contributed by atoms with Crippen LogP contribution in [0.15, 0.2) is 48.6 Å². The van der Waals surface area contributed by atoms with Gasteiger partial charge in [-0.05, 0) is 51.4 Å². The average Bonchev–Trinajstić information content (AvgIpc) is 3.26. The van der Waals surface area contributed by atoms with Crippen molar-refractivity contribution in [2.75, 3.05) is 13.2 Å². The molecular weight excluding hydrogens is 882 g/mol. The molecule has 1 fully saturated rings. The van der Waals surface area contributed by atoms with Gasteiger partial charge < -0.3 is 62.7 Å². The molecule has 8 atom stereocenters. The first kappa shape index (κ1) is 61.0. The lowest BCUT2D eigenvalue weighted by molar-refractivity contribution is -0.353. The summed E-state index contributed by atoms with van der Waals surface area (Å²) in [7, 11) is -11.4. The van der Waals surface area contributed by atoms with Crippen LogP contribution in [0.4, 0.5) is 0 Å². The third-order valence-electron chi connectivity index (χ3n) is 10.9. The Morgan fingerprint density at radius 2 is 0.892 bits per heavy atom. The Bertz CT molecular complexity index is 1430. The summed E-state index contributed by atoms with van der Waals surface area (Å²) in [6, 6.07) is 0. The fraction of sp³-hybridized carbons (Fsp3) is 0.787. The number of aliphatic hydroxyl groups is 4. The molecule has 0 saturated heterocycles. The standard InChI is InChI=1S/C47H84O16P2/c1-3-5-7-9-11-13-15-17-19-20-22-24-26-28-30-32-34-36-41(49)61-39(37-59-40(48)35-33-31-29-27-25-23-21-18-16-14-12-10-8-6-4-2)38-60-65(57,58)63-47-44(52)42(50)46(43(51)45(47)53)62-64(54,55)56/h11,13,17,19,22,24,28,30,39,42-47,50-53H,3-10,12,14-16,18,20-21,23,25-27,29,31-38H2,1-2H3,(H,57,58)(H2,54,55,56)/p-3/b13-11-,19-17-,24-22-,30-28-/t39-,42-,43+,44-,45-,46?,47?/m1/s1. The van der Waals surface area contributed by atoms with Crippen LogP contribution >= 0.6 is 15.6 Å². The lowest BCUT2D eigenvalue weighted by atomic mass is 9.85. The molecule has 1 saturated carbocycles. The second kappa shape index (κ2) is 37.9. The fourth-order valence-corrected chi connectivity index (χ4v) is 8.62. The molecule has 0 aliphatic heterocycles. The van der Waals surface area contributed by atoms with Gasteiger partial charge in [-0.15, -0.1) is 0 Å². The number of carbonyl (C=O) groups is 2. The van der Waals surface area contributed by atoms with E-state index < -0.39 is 83.5 Å². The van der Waals surface area contributed by atoms with Crippen LogP contribution in [0.2, 0.25) is 0 Å². The largest absolute Gasteiger partial charge is 0.790 e. The summed E-state index contributed by atoms with van der Waals surface area (Å²) < 4.78 is 48.2. The van der Waals surface area contributed by atoms with Gasteiger partial charge in [-0.3, -0.25) is 14.2 Å². The number of carbonyl (C=O) groups excluding carboxylic acids is 2. The Balaban J connectivity index is 2.61. The van der Waals surface area contributed by atoms with E-state index >= 15 is 0 Å². The van der Waals surface area contributed by atoms with Gasteiger partial charge in [0, 0.05) is 12.8 Å². The van der Waals surface area contributed by atoms with Gasteiger partial charge in [-0.1, -0.05) is 165 Å². The molecule has 18 heteroatoms. The van der Waals surface area contributed by atoms with Crippen molar-refractivity contribution in [3.8, 4) is 0 Å². The molecule has 16 nitrogen and oxygen atoms in total. The molecule has 4 N–H and O–H groups in total. The van der Waals surface area contributed by atoms with Crippen LogP contribution in [-0.4, -0.2) is 88.3 Å². The highest BCUT2D eigenvalue weighted by Gasteiger charge is 2.51. The predicted molar refractivity (Wildman–Crippen MR) is 244 cm³/mol. The molecule has 0 aromatic carbocycles. The Kier molecular flexibility index (Phi) is 35.5. The van der Waals surface area contributed by atoms with Crippen molar-refractivity contribution in [2.24, 2.45) is 0 Å². The van der Waals surface area contributed by atoms with E-state index in [9.17, 15) is 53.8 Å². The smallest absolute Gasteiger partial charge is 0.306 e. The molecular formula is C47H81O16P2-3. The highest BCUT2D eigenvalue weighted by molar-refractivity contribution is 7.45. The minimum Gasteiger partial charge on any atom is -0.790 e. The van der Waals surface area contributed by atoms with Gasteiger partial charge >= 0.3 is 11.9 Å². The maximum Gasteiger partial charge on any atom is 0.306 e. The molecule has 0 heterocycles. The molecule has 378 valence electrons. The van der Waals surface area contributed by atoms with E-state index in [2.05, 4.69) is 48.8 Å². The Labute approximate surface area is 388 Å². The summed E-state index contributed by atoms with van der Waals surface area (Å²) >= 11 is 0. The molecule has 0 bridgehead atoms. The van der Waals surface area contributed by atoms with Gasteiger partial charge in [0.2, 0.25) is 0 Å². The zero-order valence-corrected chi connectivity index (χ0v) is 40.8. The monoisotopic (exact) mass is 964 g/mol. The summed E-state index contributed by atoms with van der Waals surface area (Å²) in [5.74, 6) is -1.31. The van der Waals surface area contributed by atoms with E-state index in [1.165, 1.54) is 83.5 Å². The van der Waals surface area contributed by atoms with Gasteiger partial charge in [-0.2, -0.15) is 0 Å². The lowest BCUT2D eigenvalue weighted by Gasteiger charge is -2.47. The van der Waals surface area contributed by atoms with Gasteiger partial charge in [-0.25, -0.2) is 0 Å². The number of hydrogen-bond donors (Lipinski definition) is 4. The molecule has 0 amide bonds. The molecule has 3 unspecified atom stereocenters. The van der Waals surface area contributed by atoms with Crippen molar-refractivity contribution >= 4 is 27.6 Å². The number of unbranched alkanes of at least 4 members (excludes halogenated alkanes) is 18. The van der Waals surface area contributed by atoms with Gasteiger partial charge in [0.15, 0.2) is 6.10 Å². The summed E-state index contributed by atoms with van der Waals surface area (Å²) in [5.41, 5.74) is 0. The van der Waals surface area contributed by atoms with E-state index in [0.29, 0.717) is 19.3 Å². The normalized spacial score (nSPS) is 22.0. The van der Waals surface area contributed by atoms with Gasteiger partial charge in [0.1, 0.15) is 43.2 Å². The molecule has 0 radical (unpaired) electrons. The lowest BCUT2D eigenvalue weighted by Crippen LogP contribution is -2.65. The maximum absolute atomic E-state index is 12.8. The zero-order chi connectivity index (χ0) is 48.2. The number of esters is 2. The van der Waals surface area contributed by atoms with Crippen molar-refractivity contribution in [3.63, 3.8) is 0 Å². The molecule has 1 aliphatic rings. The Morgan fingerprint density at radius 3 is 1.35 bits per heavy atom. The maximum atomic E-state index is 12.8. The first-order valence-corrected chi connectivity index (χ1v) is 27.1. The zero-order valence-electron chi connectivity index (χ0n) is 39.0. The second-order valence-electron chi connectivity index (χ2n) is 16.8. The molecule has 0 spiro atoms. The topological polar surface area (TPSA) is 265 Å². The molecule has 1 rings (SSSR count). The average molecular weight is 964 g/mol. The summed E-state index contributed by atoms with van der Waals surface area (Å²) in [6.45, 7) is 2.94. The number of rotatable bonds is 40. The summed E-state index contributed by atoms with van der Waals surface area (Å²) in [6.07, 6.45) is 26.9. The van der Waals surface area contributed by atoms with E-state index in [0.717, 1.165) is 51.4 Å². The van der Waals surface area contributed by atoms with Crippen LogP contribution in [0.25, 0.3) is 0 Å². The van der Waals surface area contributed by atoms with Crippen LogP contribution in [-0.2, 0) is 41.8 Å². The van der Waals surface area contributed by atoms with Crippen molar-refractivity contribution < 1.29 is 76.9 Å². The van der Waals surface area contributed by atoms with Crippen LogP contribution in [0.3, 0.4) is 0 Å². The molecule has 0 aromatic rings. The second-order valence-corrected chi connectivity index (χ2v) is 19.2. The van der Waals surface area contributed by atoms with Crippen molar-refractivity contribution in [1.29, 1.82) is 0 Å². The minimum absolute atomic E-state index is 0.0493. The van der Waals surface area contributed by atoms with Crippen LogP contribution in [0.5, 0.6) is 0 Å². The molecule has 65 heavy (non-hydrogen) atoms. The van der Waals surface area contributed by atoms with Crippen LogP contribution in [0, 0.1) is 0 Å². The van der Waals surface area contributed by atoms with Gasteiger partial charge in [0.05, 0.1) is 14.4 Å².